The molecule has 3 N–H and O–H groups in total. The Labute approximate surface area is 134 Å². The van der Waals surface area contributed by atoms with Gasteiger partial charge < -0.3 is 15.7 Å². The molecule has 0 aromatic heterocycles. The summed E-state index contributed by atoms with van der Waals surface area (Å²) in [7, 11) is 0. The van der Waals surface area contributed by atoms with E-state index in [0.29, 0.717) is 13.0 Å². The van der Waals surface area contributed by atoms with Gasteiger partial charge in [-0.1, -0.05) is 32.0 Å². The molecule has 0 aliphatic rings. The van der Waals surface area contributed by atoms with Crippen molar-refractivity contribution in [2.45, 2.75) is 45.9 Å². The van der Waals surface area contributed by atoms with Crippen molar-refractivity contribution >= 4 is 11.7 Å². The minimum atomic E-state index is -4.34. The minimum absolute atomic E-state index is 0.0124. The zero-order chi connectivity index (χ0) is 17.7. The molecule has 1 atom stereocenters. The zero-order valence-corrected chi connectivity index (χ0v) is 13.5. The van der Waals surface area contributed by atoms with E-state index in [0.717, 1.165) is 0 Å². The van der Waals surface area contributed by atoms with Gasteiger partial charge in [-0.15, -0.1) is 0 Å². The maximum atomic E-state index is 12.5. The Morgan fingerprint density at radius 3 is 2.43 bits per heavy atom. The van der Waals surface area contributed by atoms with Gasteiger partial charge in [0.05, 0.1) is 12.5 Å². The second-order valence-electron chi connectivity index (χ2n) is 6.47. The lowest BCUT2D eigenvalue weighted by Crippen LogP contribution is -2.38. The van der Waals surface area contributed by atoms with Crippen molar-refractivity contribution in [2.75, 3.05) is 11.9 Å². The molecule has 2 amide bonds. The molecule has 0 aliphatic carbocycles. The number of anilines is 1. The lowest BCUT2D eigenvalue weighted by molar-refractivity contribution is -0.127. The van der Waals surface area contributed by atoms with Gasteiger partial charge in [0.15, 0.2) is 0 Å². The molecule has 4 nitrogen and oxygen atoms in total. The molecular formula is C16H23F3N2O2. The first-order chi connectivity index (χ1) is 10.5. The predicted molar refractivity (Wildman–Crippen MR) is 83.3 cm³/mol. The van der Waals surface area contributed by atoms with E-state index in [1.165, 1.54) is 18.2 Å². The Morgan fingerprint density at radius 1 is 1.26 bits per heavy atom. The van der Waals surface area contributed by atoms with Gasteiger partial charge in [-0.05, 0) is 30.4 Å². The van der Waals surface area contributed by atoms with Gasteiger partial charge in [-0.25, -0.2) is 4.79 Å². The Kier molecular flexibility index (Phi) is 6.44. The molecule has 0 spiro atoms. The van der Waals surface area contributed by atoms with Crippen molar-refractivity contribution in [3.63, 3.8) is 0 Å². The SMILES string of the molecule is CC(O)CC(C)(C)CNC(=O)Nc1ccccc1CC(F)(F)F. The number of benzene rings is 1. The molecule has 23 heavy (non-hydrogen) atoms. The van der Waals surface area contributed by atoms with Gasteiger partial charge in [0.2, 0.25) is 0 Å². The van der Waals surface area contributed by atoms with E-state index in [-0.39, 0.29) is 16.7 Å². The highest BCUT2D eigenvalue weighted by atomic mass is 19.4. The van der Waals surface area contributed by atoms with Gasteiger partial charge in [-0.3, -0.25) is 0 Å². The molecule has 0 saturated heterocycles. The highest BCUT2D eigenvalue weighted by molar-refractivity contribution is 5.90. The van der Waals surface area contributed by atoms with E-state index in [9.17, 15) is 23.1 Å². The number of urea groups is 1. The molecule has 1 aromatic rings. The highest BCUT2D eigenvalue weighted by Crippen LogP contribution is 2.26. The number of carbonyl (C=O) groups excluding carboxylic acids is 1. The van der Waals surface area contributed by atoms with Gasteiger partial charge in [0.1, 0.15) is 0 Å². The number of amides is 2. The van der Waals surface area contributed by atoms with Crippen LogP contribution in [0.3, 0.4) is 0 Å². The number of nitrogens with one attached hydrogen (secondary N) is 2. The van der Waals surface area contributed by atoms with E-state index >= 15 is 0 Å². The number of carbonyl (C=O) groups is 1. The van der Waals surface area contributed by atoms with Crippen LogP contribution in [0.15, 0.2) is 24.3 Å². The molecule has 0 heterocycles. The summed E-state index contributed by atoms with van der Waals surface area (Å²) < 4.78 is 37.6. The Morgan fingerprint density at radius 2 is 1.87 bits per heavy atom. The van der Waals surface area contributed by atoms with Crippen molar-refractivity contribution in [3.8, 4) is 0 Å². The van der Waals surface area contributed by atoms with Crippen LogP contribution in [0.25, 0.3) is 0 Å². The van der Waals surface area contributed by atoms with Crippen LogP contribution in [0, 0.1) is 5.41 Å². The van der Waals surface area contributed by atoms with Crippen molar-refractivity contribution in [1.82, 2.24) is 5.32 Å². The molecule has 1 aromatic carbocycles. The van der Waals surface area contributed by atoms with E-state index in [1.54, 1.807) is 13.0 Å². The standard InChI is InChI=1S/C16H23F3N2O2/c1-11(22)8-15(2,3)10-20-14(23)21-13-7-5-4-6-12(13)9-16(17,18)19/h4-7,11,22H,8-10H2,1-3H3,(H2,20,21,23). The number of rotatable bonds is 6. The molecule has 0 aliphatic heterocycles. The summed E-state index contributed by atoms with van der Waals surface area (Å²) in [5.74, 6) is 0. The van der Waals surface area contributed by atoms with Gasteiger partial charge in [0.25, 0.3) is 0 Å². The number of para-hydroxylation sites is 1. The first kappa shape index (κ1) is 19.3. The third-order valence-corrected chi connectivity index (χ3v) is 3.23. The second-order valence-corrected chi connectivity index (χ2v) is 6.47. The maximum Gasteiger partial charge on any atom is 0.393 e. The maximum absolute atomic E-state index is 12.5. The molecule has 7 heteroatoms. The van der Waals surface area contributed by atoms with Crippen LogP contribution in [0.1, 0.15) is 32.8 Å². The van der Waals surface area contributed by atoms with Crippen LogP contribution in [-0.2, 0) is 6.42 Å². The van der Waals surface area contributed by atoms with Crippen LogP contribution in [0.5, 0.6) is 0 Å². The summed E-state index contributed by atoms with van der Waals surface area (Å²) >= 11 is 0. The van der Waals surface area contributed by atoms with Crippen LogP contribution in [0.4, 0.5) is 23.7 Å². The first-order valence-corrected chi connectivity index (χ1v) is 7.36. The smallest absolute Gasteiger partial charge is 0.393 e. The number of alkyl halides is 3. The second kappa shape index (κ2) is 7.68. The average molecular weight is 332 g/mol. The number of hydrogen-bond acceptors (Lipinski definition) is 2. The molecular weight excluding hydrogens is 309 g/mol. The monoisotopic (exact) mass is 332 g/mol. The summed E-state index contributed by atoms with van der Waals surface area (Å²) in [5.41, 5.74) is -0.175. The van der Waals surface area contributed by atoms with E-state index < -0.39 is 24.7 Å². The quantitative estimate of drug-likeness (QED) is 0.744. The van der Waals surface area contributed by atoms with Gasteiger partial charge in [-0.2, -0.15) is 13.2 Å². The summed E-state index contributed by atoms with van der Waals surface area (Å²) in [6.45, 7) is 5.73. The number of aliphatic hydroxyl groups is 1. The minimum Gasteiger partial charge on any atom is -0.393 e. The number of hydrogen-bond donors (Lipinski definition) is 3. The average Bonchev–Trinajstić information content (AvgIpc) is 2.36. The van der Waals surface area contributed by atoms with Crippen LogP contribution >= 0.6 is 0 Å². The molecule has 0 bridgehead atoms. The third kappa shape index (κ3) is 7.88. The summed E-state index contributed by atoms with van der Waals surface area (Å²) in [6, 6.07) is 5.25. The molecule has 1 unspecified atom stereocenters. The van der Waals surface area contributed by atoms with Crippen LogP contribution < -0.4 is 10.6 Å². The van der Waals surface area contributed by atoms with Crippen molar-refractivity contribution in [1.29, 1.82) is 0 Å². The van der Waals surface area contributed by atoms with Gasteiger partial charge >= 0.3 is 12.2 Å². The topological polar surface area (TPSA) is 61.4 Å². The van der Waals surface area contributed by atoms with Crippen LogP contribution in [-0.4, -0.2) is 30.0 Å². The predicted octanol–water partition coefficient (Wildman–Crippen LogP) is 3.71. The number of aliphatic hydroxyl groups excluding tert-OH is 1. The zero-order valence-electron chi connectivity index (χ0n) is 13.5. The Bertz CT molecular complexity index is 528. The van der Waals surface area contributed by atoms with E-state index in [2.05, 4.69) is 10.6 Å². The summed E-state index contributed by atoms with van der Waals surface area (Å²) in [6.07, 6.45) is -5.44. The van der Waals surface area contributed by atoms with Crippen molar-refractivity contribution < 1.29 is 23.1 Å². The largest absolute Gasteiger partial charge is 0.393 e. The van der Waals surface area contributed by atoms with Gasteiger partial charge in [0, 0.05) is 12.2 Å². The lowest BCUT2D eigenvalue weighted by atomic mass is 9.87. The molecule has 0 fully saturated rings. The van der Waals surface area contributed by atoms with Crippen molar-refractivity contribution in [3.05, 3.63) is 29.8 Å². The summed E-state index contributed by atoms with van der Waals surface area (Å²) in [5, 5.41) is 14.5. The normalized spacial score (nSPS) is 13.5. The highest BCUT2D eigenvalue weighted by Gasteiger charge is 2.29. The fourth-order valence-electron chi connectivity index (χ4n) is 2.37. The first-order valence-electron chi connectivity index (χ1n) is 7.36. The third-order valence-electron chi connectivity index (χ3n) is 3.23. The van der Waals surface area contributed by atoms with Crippen LogP contribution in [0.2, 0.25) is 0 Å². The van der Waals surface area contributed by atoms with E-state index in [1.807, 2.05) is 13.8 Å². The Balaban J connectivity index is 2.65. The number of halogens is 3. The summed E-state index contributed by atoms with van der Waals surface area (Å²) in [4.78, 5) is 11.9. The molecule has 1 rings (SSSR count). The lowest BCUT2D eigenvalue weighted by Gasteiger charge is -2.26. The molecule has 0 radical (unpaired) electrons. The fourth-order valence-corrected chi connectivity index (χ4v) is 2.37. The Hall–Kier alpha value is -1.76. The van der Waals surface area contributed by atoms with Crippen molar-refractivity contribution in [2.24, 2.45) is 5.41 Å². The molecule has 130 valence electrons. The molecule has 0 saturated carbocycles. The van der Waals surface area contributed by atoms with E-state index in [4.69, 9.17) is 0 Å². The fraction of sp³-hybridized carbons (Fsp3) is 0.562.